The second kappa shape index (κ2) is 45.5. The van der Waals surface area contributed by atoms with Crippen LogP contribution in [0, 0.1) is 0 Å². The summed E-state index contributed by atoms with van der Waals surface area (Å²) in [6, 6.07) is 0. The summed E-state index contributed by atoms with van der Waals surface area (Å²) >= 11 is 0. The molecule has 0 aliphatic carbocycles. The van der Waals surface area contributed by atoms with Gasteiger partial charge in [0.15, 0.2) is 6.10 Å². The molecule has 0 saturated carbocycles. The quantitative estimate of drug-likeness (QED) is 0.0192. The van der Waals surface area contributed by atoms with Gasteiger partial charge in [-0.05, 0) is 12.8 Å². The van der Waals surface area contributed by atoms with Crippen LogP contribution in [0.4, 0.5) is 0 Å². The zero-order valence-electron chi connectivity index (χ0n) is 40.0. The van der Waals surface area contributed by atoms with Crippen molar-refractivity contribution in [2.45, 2.75) is 224 Å². The third-order valence-corrected chi connectivity index (χ3v) is 11.6. The Hall–Kier alpha value is -1.27. The lowest BCUT2D eigenvalue weighted by Gasteiger charge is -2.21. The maximum Gasteiger partial charge on any atom is 0.472 e. The monoisotopic (exact) mass is 945 g/mol. The molecule has 0 rings (SSSR count). The van der Waals surface area contributed by atoms with E-state index >= 15 is 0 Å². The van der Waals surface area contributed by atoms with Crippen molar-refractivity contribution in [3.8, 4) is 0 Å². The van der Waals surface area contributed by atoms with Crippen LogP contribution in [0.1, 0.15) is 194 Å². The Bertz CT molecular complexity index is 1090. The molecule has 0 aliphatic rings. The predicted molar refractivity (Wildman–Crippen MR) is 247 cm³/mol. The van der Waals surface area contributed by atoms with Gasteiger partial charge in [0.2, 0.25) is 0 Å². The number of rotatable bonds is 50. The minimum atomic E-state index is -4.75. The molecule has 0 fully saturated rings. The normalized spacial score (nSPS) is 15.1. The van der Waals surface area contributed by atoms with Crippen molar-refractivity contribution < 1.29 is 77.3 Å². The largest absolute Gasteiger partial charge is 0.472 e. The van der Waals surface area contributed by atoms with Gasteiger partial charge in [0.05, 0.1) is 59.5 Å². The number of aliphatic hydroxyl groups excluding tert-OH is 5. The molecular weight excluding hydrogens is 851 g/mol. The summed E-state index contributed by atoms with van der Waals surface area (Å²) in [4.78, 5) is 35.6. The number of hydrogen-bond acceptors (Lipinski definition) is 15. The van der Waals surface area contributed by atoms with Gasteiger partial charge in [-0.25, -0.2) is 4.57 Å². The van der Waals surface area contributed by atoms with Gasteiger partial charge in [-0.3, -0.25) is 18.6 Å². The number of aliphatic hydroxyl groups is 5. The smallest absolute Gasteiger partial charge is 0.462 e. The lowest BCUT2D eigenvalue weighted by atomic mass is 10.0. The summed E-state index contributed by atoms with van der Waals surface area (Å²) < 4.78 is 49.1. The minimum Gasteiger partial charge on any atom is -0.462 e. The van der Waals surface area contributed by atoms with Gasteiger partial charge < -0.3 is 54.1 Å². The first kappa shape index (κ1) is 62.7. The van der Waals surface area contributed by atoms with Crippen molar-refractivity contribution in [3.05, 3.63) is 0 Å². The highest BCUT2D eigenvalue weighted by molar-refractivity contribution is 7.47. The molecule has 0 heterocycles. The highest BCUT2D eigenvalue weighted by Crippen LogP contribution is 2.43. The number of phosphoric ester groups is 1. The number of hydrogen-bond donors (Lipinski definition) is 6. The van der Waals surface area contributed by atoms with E-state index in [-0.39, 0.29) is 59.1 Å². The van der Waals surface area contributed by atoms with Crippen molar-refractivity contribution in [3.63, 3.8) is 0 Å². The van der Waals surface area contributed by atoms with Crippen LogP contribution in [0.3, 0.4) is 0 Å². The highest BCUT2D eigenvalue weighted by Gasteiger charge is 2.27. The van der Waals surface area contributed by atoms with Gasteiger partial charge in [-0.15, -0.1) is 0 Å². The average molecular weight is 945 g/mol. The Kier molecular flexibility index (Phi) is 44.6. The van der Waals surface area contributed by atoms with Crippen molar-refractivity contribution in [2.24, 2.45) is 0 Å². The Balaban J connectivity index is 4.63. The summed E-state index contributed by atoms with van der Waals surface area (Å²) in [6.45, 7) is 1.09. The Labute approximate surface area is 386 Å². The molecule has 0 saturated heterocycles. The van der Waals surface area contributed by atoms with E-state index in [4.69, 9.17) is 37.8 Å². The molecule has 16 nitrogen and oxygen atoms in total. The summed E-state index contributed by atoms with van der Waals surface area (Å²) in [5.74, 6) is -0.985. The third kappa shape index (κ3) is 44.6. The van der Waals surface area contributed by atoms with Gasteiger partial charge in [0, 0.05) is 12.8 Å². The second-order valence-electron chi connectivity index (χ2n) is 17.3. The molecule has 0 amide bonds. The summed E-state index contributed by atoms with van der Waals surface area (Å²) in [5, 5.41) is 48.1. The zero-order valence-corrected chi connectivity index (χ0v) is 40.9. The molecule has 0 bridgehead atoms. The fraction of sp³-hybridized carbons (Fsp3) is 0.957. The minimum absolute atomic E-state index is 0.146. The lowest BCUT2D eigenvalue weighted by Crippen LogP contribution is -2.30. The number of phosphoric acid groups is 1. The molecule has 17 heteroatoms. The molecule has 6 atom stereocenters. The van der Waals surface area contributed by atoms with Crippen LogP contribution in [0.25, 0.3) is 0 Å². The molecule has 0 aromatic heterocycles. The maximum atomic E-state index is 12.8. The first-order valence-electron chi connectivity index (χ1n) is 25.0. The van der Waals surface area contributed by atoms with Gasteiger partial charge in [-0.2, -0.15) is 0 Å². The number of carbonyl (C=O) groups excluding carboxylic acids is 2. The molecule has 0 spiro atoms. The Morgan fingerprint density at radius 1 is 0.422 bits per heavy atom. The van der Waals surface area contributed by atoms with E-state index in [1.54, 1.807) is 0 Å². The molecule has 1 unspecified atom stereocenters. The first-order valence-corrected chi connectivity index (χ1v) is 26.4. The second-order valence-corrected chi connectivity index (χ2v) is 18.7. The van der Waals surface area contributed by atoms with Crippen molar-refractivity contribution >= 4 is 19.8 Å². The summed E-state index contributed by atoms with van der Waals surface area (Å²) in [6.07, 6.45) is 25.2. The van der Waals surface area contributed by atoms with Gasteiger partial charge in [0.1, 0.15) is 31.0 Å². The van der Waals surface area contributed by atoms with E-state index in [0.717, 1.165) is 38.5 Å². The van der Waals surface area contributed by atoms with Crippen molar-refractivity contribution in [2.75, 3.05) is 66.1 Å². The predicted octanol–water partition coefficient (Wildman–Crippen LogP) is 8.02. The van der Waals surface area contributed by atoms with E-state index in [2.05, 4.69) is 13.8 Å². The average Bonchev–Trinajstić information content (AvgIpc) is 3.27. The van der Waals surface area contributed by atoms with Crippen LogP contribution in [-0.2, 0) is 46.9 Å². The number of esters is 2. The molecule has 6 N–H and O–H groups in total. The van der Waals surface area contributed by atoms with E-state index in [0.29, 0.717) is 12.8 Å². The van der Waals surface area contributed by atoms with Gasteiger partial charge in [0.25, 0.3) is 0 Å². The number of unbranched alkanes of at least 4 members (excludes halogenated alkanes) is 24. The van der Waals surface area contributed by atoms with Crippen LogP contribution in [0.2, 0.25) is 0 Å². The first-order chi connectivity index (χ1) is 30.9. The fourth-order valence-electron chi connectivity index (χ4n) is 6.81. The topological polar surface area (TPSA) is 237 Å². The Morgan fingerprint density at radius 3 is 1.11 bits per heavy atom. The highest BCUT2D eigenvalue weighted by atomic mass is 31.2. The van der Waals surface area contributed by atoms with Crippen LogP contribution in [0.5, 0.6) is 0 Å². The van der Waals surface area contributed by atoms with E-state index in [1.807, 2.05) is 0 Å². The van der Waals surface area contributed by atoms with E-state index in [1.165, 1.54) is 116 Å². The van der Waals surface area contributed by atoms with Gasteiger partial charge >= 0.3 is 19.8 Å². The zero-order chi connectivity index (χ0) is 47.4. The van der Waals surface area contributed by atoms with Crippen molar-refractivity contribution in [1.29, 1.82) is 0 Å². The molecule has 64 heavy (non-hydrogen) atoms. The molecule has 382 valence electrons. The number of carbonyl (C=O) groups is 2. The lowest BCUT2D eigenvalue weighted by molar-refractivity contribution is -0.161. The SMILES string of the molecule is CCCCCCCCCCCCCCCC(=O)OC[C@H](COP(=O)(O)OC[C@@H](O)COC[C@@H](O)COC[C@@H](O)COC[C@@H](O)CO)OC(=O)CCCCCCCCCCCCCCC. The maximum absolute atomic E-state index is 12.8. The van der Waals surface area contributed by atoms with E-state index < -0.39 is 70.1 Å². The molecule has 0 radical (unpaired) electrons. The summed E-state index contributed by atoms with van der Waals surface area (Å²) in [7, 11) is -4.75. The number of ether oxygens (including phenoxy) is 5. The summed E-state index contributed by atoms with van der Waals surface area (Å²) in [5.41, 5.74) is 0. The van der Waals surface area contributed by atoms with Crippen LogP contribution < -0.4 is 0 Å². The van der Waals surface area contributed by atoms with Crippen molar-refractivity contribution in [1.82, 2.24) is 0 Å². The third-order valence-electron chi connectivity index (χ3n) is 10.6. The van der Waals surface area contributed by atoms with Gasteiger partial charge in [-0.1, -0.05) is 168 Å². The molecular formula is C47H93O16P. The fourth-order valence-corrected chi connectivity index (χ4v) is 7.60. The van der Waals surface area contributed by atoms with Crippen LogP contribution in [-0.4, -0.2) is 139 Å². The standard InChI is InChI=1S/C47H93O16P/c1-3-5-7-9-11-13-15-17-19-21-23-25-27-29-46(53)60-39-45(63-47(54)30-28-26-24-22-20-18-16-14-12-10-8-6-4-2)40-62-64(55,56)61-38-44(52)37-59-36-43(51)35-58-34-42(50)33-57-32-41(49)31-48/h41-45,48-52H,3-40H2,1-2H3,(H,55,56)/t41-,42-,43-,44-,45+/m0/s1. The van der Waals surface area contributed by atoms with E-state index in [9.17, 15) is 39.5 Å². The van der Waals surface area contributed by atoms with Crippen LogP contribution >= 0.6 is 7.82 Å². The molecule has 0 aliphatic heterocycles. The Morgan fingerprint density at radius 2 is 0.734 bits per heavy atom. The molecule has 0 aromatic carbocycles. The molecule has 0 aromatic rings. The van der Waals surface area contributed by atoms with Crippen LogP contribution in [0.15, 0.2) is 0 Å².